The molecule has 1 saturated carbocycles. The van der Waals surface area contributed by atoms with Crippen molar-refractivity contribution in [1.29, 1.82) is 0 Å². The van der Waals surface area contributed by atoms with Crippen LogP contribution in [-0.2, 0) is 16.1 Å². The second-order valence-electron chi connectivity index (χ2n) is 7.68. The zero-order chi connectivity index (χ0) is 21.7. The summed E-state index contributed by atoms with van der Waals surface area (Å²) in [5.41, 5.74) is 8.75. The van der Waals surface area contributed by atoms with Crippen molar-refractivity contribution in [2.45, 2.75) is 45.3 Å². The lowest BCUT2D eigenvalue weighted by Crippen LogP contribution is -2.52. The number of allylic oxidation sites excluding steroid dienone is 2. The molecule has 0 aliphatic heterocycles. The molecule has 0 aromatic heterocycles. The number of rotatable bonds is 6. The standard InChI is InChI=1S/C19H26N2O.C2HF3O2/c1-2-14-8-16-10-19(13-20,17(16)9-14)11-18(22)21-12-15-6-4-3-5-7-15;3-2(4,5)1(6)7/h3-7,9,16-17H,2,8,10-13,20H2,1H3,(H,21,22);(H,6,7)/t16-,17-,19-;/m1./s1. The molecule has 160 valence electrons. The van der Waals surface area contributed by atoms with Crippen LogP contribution in [0.3, 0.4) is 0 Å². The molecule has 0 spiro atoms. The molecule has 0 unspecified atom stereocenters. The molecule has 3 atom stereocenters. The third-order valence-corrected chi connectivity index (χ3v) is 5.77. The van der Waals surface area contributed by atoms with Gasteiger partial charge < -0.3 is 16.2 Å². The maximum atomic E-state index is 12.3. The van der Waals surface area contributed by atoms with Gasteiger partial charge in [0.1, 0.15) is 0 Å². The number of halogens is 3. The van der Waals surface area contributed by atoms with Gasteiger partial charge in [-0.2, -0.15) is 13.2 Å². The first-order valence-electron chi connectivity index (χ1n) is 9.61. The molecule has 29 heavy (non-hydrogen) atoms. The van der Waals surface area contributed by atoms with Crippen LogP contribution >= 0.6 is 0 Å². The first-order chi connectivity index (χ1) is 13.6. The molecule has 1 aromatic carbocycles. The predicted octanol–water partition coefficient (Wildman–Crippen LogP) is 3.65. The van der Waals surface area contributed by atoms with E-state index in [1.807, 2.05) is 30.3 Å². The van der Waals surface area contributed by atoms with Crippen LogP contribution in [0.2, 0.25) is 0 Å². The minimum absolute atomic E-state index is 0.00234. The highest BCUT2D eigenvalue weighted by molar-refractivity contribution is 5.77. The lowest BCUT2D eigenvalue weighted by Gasteiger charge is -2.51. The number of aliphatic carboxylic acids is 1. The van der Waals surface area contributed by atoms with Gasteiger partial charge in [-0.3, -0.25) is 4.79 Å². The number of fused-ring (bicyclic) bond motifs is 1. The highest BCUT2D eigenvalue weighted by atomic mass is 19.4. The molecule has 1 fully saturated rings. The maximum absolute atomic E-state index is 12.3. The van der Waals surface area contributed by atoms with E-state index in [-0.39, 0.29) is 11.3 Å². The molecule has 4 N–H and O–H groups in total. The third-order valence-electron chi connectivity index (χ3n) is 5.77. The van der Waals surface area contributed by atoms with Crippen molar-refractivity contribution in [2.75, 3.05) is 6.54 Å². The largest absolute Gasteiger partial charge is 0.490 e. The second kappa shape index (κ2) is 9.43. The first-order valence-corrected chi connectivity index (χ1v) is 9.61. The van der Waals surface area contributed by atoms with Crippen LogP contribution < -0.4 is 11.1 Å². The number of carboxylic acids is 1. The van der Waals surface area contributed by atoms with Crippen LogP contribution in [0.4, 0.5) is 13.2 Å². The quantitative estimate of drug-likeness (QED) is 0.622. The fourth-order valence-electron chi connectivity index (χ4n) is 4.22. The number of nitrogens with one attached hydrogen (secondary N) is 1. The van der Waals surface area contributed by atoms with E-state index in [0.29, 0.717) is 25.4 Å². The van der Waals surface area contributed by atoms with Crippen molar-refractivity contribution in [2.24, 2.45) is 23.0 Å². The van der Waals surface area contributed by atoms with E-state index in [4.69, 9.17) is 15.6 Å². The van der Waals surface area contributed by atoms with Crippen molar-refractivity contribution >= 4 is 11.9 Å². The van der Waals surface area contributed by atoms with Gasteiger partial charge in [-0.05, 0) is 48.6 Å². The molecule has 0 radical (unpaired) electrons. The Labute approximate surface area is 168 Å². The van der Waals surface area contributed by atoms with Crippen LogP contribution in [-0.4, -0.2) is 29.7 Å². The van der Waals surface area contributed by atoms with Crippen LogP contribution in [0.15, 0.2) is 42.0 Å². The number of amides is 1. The molecule has 0 bridgehead atoms. The van der Waals surface area contributed by atoms with E-state index < -0.39 is 12.1 Å². The lowest BCUT2D eigenvalue weighted by molar-refractivity contribution is -0.192. The number of hydrogen-bond acceptors (Lipinski definition) is 3. The topological polar surface area (TPSA) is 92.4 Å². The Balaban J connectivity index is 0.000000370. The van der Waals surface area contributed by atoms with Gasteiger partial charge in [-0.1, -0.05) is 48.9 Å². The number of nitrogens with two attached hydrogens (primary N) is 1. The van der Waals surface area contributed by atoms with Gasteiger partial charge in [0.15, 0.2) is 0 Å². The summed E-state index contributed by atoms with van der Waals surface area (Å²) in [5.74, 6) is -1.37. The summed E-state index contributed by atoms with van der Waals surface area (Å²) in [4.78, 5) is 21.2. The Bertz CT molecular complexity index is 749. The van der Waals surface area contributed by atoms with Crippen LogP contribution in [0.25, 0.3) is 0 Å². The van der Waals surface area contributed by atoms with Crippen molar-refractivity contribution in [3.05, 3.63) is 47.5 Å². The Kier molecular flexibility index (Phi) is 7.46. The minimum Gasteiger partial charge on any atom is -0.475 e. The molecule has 1 aromatic rings. The molecule has 2 aliphatic rings. The molecular weight excluding hydrogens is 385 g/mol. The van der Waals surface area contributed by atoms with Crippen molar-refractivity contribution in [1.82, 2.24) is 5.32 Å². The number of carbonyl (C=O) groups is 2. The molecule has 5 nitrogen and oxygen atoms in total. The Hall–Kier alpha value is -2.35. The van der Waals surface area contributed by atoms with Gasteiger partial charge in [-0.25, -0.2) is 4.79 Å². The zero-order valence-electron chi connectivity index (χ0n) is 16.3. The van der Waals surface area contributed by atoms with E-state index in [0.717, 1.165) is 24.3 Å². The second-order valence-corrected chi connectivity index (χ2v) is 7.68. The van der Waals surface area contributed by atoms with E-state index in [9.17, 15) is 18.0 Å². The molecule has 8 heteroatoms. The Morgan fingerprint density at radius 2 is 1.90 bits per heavy atom. The number of benzene rings is 1. The smallest absolute Gasteiger partial charge is 0.475 e. The normalized spacial score (nSPS) is 25.1. The van der Waals surface area contributed by atoms with E-state index >= 15 is 0 Å². The summed E-state index contributed by atoms with van der Waals surface area (Å²) in [6, 6.07) is 10.0. The molecule has 3 rings (SSSR count). The van der Waals surface area contributed by atoms with Gasteiger partial charge in [0.05, 0.1) is 0 Å². The number of carboxylic acid groups (broad SMARTS) is 1. The van der Waals surface area contributed by atoms with Gasteiger partial charge in [0, 0.05) is 13.0 Å². The van der Waals surface area contributed by atoms with E-state index in [1.165, 1.54) is 6.42 Å². The van der Waals surface area contributed by atoms with Crippen molar-refractivity contribution in [3.8, 4) is 0 Å². The molecule has 1 amide bonds. The Morgan fingerprint density at radius 1 is 1.28 bits per heavy atom. The van der Waals surface area contributed by atoms with Gasteiger partial charge in [0.25, 0.3) is 0 Å². The Morgan fingerprint density at radius 3 is 2.41 bits per heavy atom. The summed E-state index contributed by atoms with van der Waals surface area (Å²) >= 11 is 0. The highest BCUT2D eigenvalue weighted by Gasteiger charge is 2.54. The fraction of sp³-hybridized carbons (Fsp3) is 0.524. The SMILES string of the molecule is CCC1=C[C@@H]2[C@H](C1)C[C@]2(CN)CC(=O)NCc1ccccc1.O=C(O)C(F)(F)F. The molecule has 0 heterocycles. The van der Waals surface area contributed by atoms with E-state index in [2.05, 4.69) is 18.3 Å². The zero-order valence-corrected chi connectivity index (χ0v) is 16.3. The van der Waals surface area contributed by atoms with Crippen LogP contribution in [0.1, 0.15) is 38.2 Å². The van der Waals surface area contributed by atoms with Gasteiger partial charge >= 0.3 is 12.1 Å². The summed E-state index contributed by atoms with van der Waals surface area (Å²) < 4.78 is 31.7. The van der Waals surface area contributed by atoms with Crippen molar-refractivity contribution < 1.29 is 27.9 Å². The average Bonchev–Trinajstić information content (AvgIpc) is 3.03. The fourth-order valence-corrected chi connectivity index (χ4v) is 4.22. The van der Waals surface area contributed by atoms with E-state index in [1.54, 1.807) is 5.57 Å². The number of carbonyl (C=O) groups excluding carboxylic acids is 1. The lowest BCUT2D eigenvalue weighted by atomic mass is 9.53. The highest BCUT2D eigenvalue weighted by Crippen LogP contribution is 2.59. The molecule has 0 saturated heterocycles. The van der Waals surface area contributed by atoms with Gasteiger partial charge in [-0.15, -0.1) is 0 Å². The minimum atomic E-state index is -5.08. The molecular formula is C21H27F3N2O3. The predicted molar refractivity (Wildman–Crippen MR) is 103 cm³/mol. The number of hydrogen-bond donors (Lipinski definition) is 3. The maximum Gasteiger partial charge on any atom is 0.490 e. The van der Waals surface area contributed by atoms with Crippen LogP contribution in [0, 0.1) is 17.3 Å². The summed E-state index contributed by atoms with van der Waals surface area (Å²) in [6.07, 6.45) is 1.34. The third kappa shape index (κ3) is 5.82. The summed E-state index contributed by atoms with van der Waals surface area (Å²) in [6.45, 7) is 3.43. The number of alkyl halides is 3. The summed E-state index contributed by atoms with van der Waals surface area (Å²) in [7, 11) is 0. The van der Waals surface area contributed by atoms with Crippen LogP contribution in [0.5, 0.6) is 0 Å². The van der Waals surface area contributed by atoms with Gasteiger partial charge in [0.2, 0.25) is 5.91 Å². The average molecular weight is 412 g/mol. The van der Waals surface area contributed by atoms with Crippen molar-refractivity contribution in [3.63, 3.8) is 0 Å². The first kappa shape index (κ1) is 22.9. The molecule has 2 aliphatic carbocycles. The summed E-state index contributed by atoms with van der Waals surface area (Å²) in [5, 5.41) is 10.2. The monoisotopic (exact) mass is 412 g/mol.